The average molecular weight is 351 g/mol. The second-order valence-corrected chi connectivity index (χ2v) is 8.18. The third-order valence-corrected chi connectivity index (χ3v) is 6.23. The molecule has 3 aliphatic rings. The van der Waals surface area contributed by atoms with Crippen molar-refractivity contribution in [3.05, 3.63) is 11.6 Å². The second-order valence-electron chi connectivity index (χ2n) is 8.18. The van der Waals surface area contributed by atoms with Crippen LogP contribution in [0.2, 0.25) is 0 Å². The summed E-state index contributed by atoms with van der Waals surface area (Å²) >= 11 is 0. The summed E-state index contributed by atoms with van der Waals surface area (Å²) in [4.78, 5) is 14.6. The molecule has 3 atom stereocenters. The number of allylic oxidation sites excluding steroid dienone is 1. The fourth-order valence-corrected chi connectivity index (χ4v) is 4.62. The molecule has 0 radical (unpaired) electrons. The topological polar surface area (TPSA) is 61.8 Å². The molecule has 2 fully saturated rings. The van der Waals surface area contributed by atoms with Crippen molar-refractivity contribution in [1.82, 2.24) is 10.2 Å². The van der Waals surface area contributed by atoms with E-state index in [0.29, 0.717) is 26.2 Å². The van der Waals surface area contributed by atoms with Crippen molar-refractivity contribution >= 4 is 5.91 Å². The maximum atomic E-state index is 12.4. The Morgan fingerprint density at radius 3 is 3.08 bits per heavy atom. The second kappa shape index (κ2) is 8.65. The highest BCUT2D eigenvalue weighted by molar-refractivity contribution is 5.78. The predicted octanol–water partition coefficient (Wildman–Crippen LogP) is 2.24. The molecule has 2 heterocycles. The number of hydrogen-bond acceptors (Lipinski definition) is 4. The van der Waals surface area contributed by atoms with Gasteiger partial charge in [0, 0.05) is 25.1 Å². The lowest BCUT2D eigenvalue weighted by Gasteiger charge is -2.43. The number of nitrogens with one attached hydrogen (secondary N) is 1. The fourth-order valence-electron chi connectivity index (χ4n) is 4.62. The number of carbonyl (C=O) groups excluding carboxylic acids is 1. The van der Waals surface area contributed by atoms with E-state index in [4.69, 9.17) is 4.74 Å². The highest BCUT2D eigenvalue weighted by Crippen LogP contribution is 2.35. The standard InChI is InChI=1S/C20H34N2O3/c1-20(24)10-13-25-15-17(20)18-8-5-12-22(18)14-19(23)21-11-9-16-6-3-2-4-7-16/h6,17-18,24H,2-5,7-15H2,1H3,(H,21,23). The Balaban J connectivity index is 1.46. The molecule has 2 N–H and O–H groups in total. The van der Waals surface area contributed by atoms with Gasteiger partial charge in [-0.3, -0.25) is 9.69 Å². The van der Waals surface area contributed by atoms with E-state index in [0.717, 1.165) is 32.4 Å². The number of nitrogens with zero attached hydrogens (tertiary/aromatic N) is 1. The van der Waals surface area contributed by atoms with E-state index in [9.17, 15) is 9.90 Å². The van der Waals surface area contributed by atoms with Gasteiger partial charge in [-0.15, -0.1) is 0 Å². The minimum atomic E-state index is -0.685. The molecule has 0 bridgehead atoms. The Morgan fingerprint density at radius 2 is 2.32 bits per heavy atom. The van der Waals surface area contributed by atoms with E-state index in [1.807, 2.05) is 6.92 Å². The van der Waals surface area contributed by atoms with Crippen LogP contribution in [0.4, 0.5) is 0 Å². The minimum Gasteiger partial charge on any atom is -0.390 e. The molecule has 5 heteroatoms. The van der Waals surface area contributed by atoms with E-state index in [1.165, 1.54) is 31.3 Å². The van der Waals surface area contributed by atoms with Gasteiger partial charge in [-0.05, 0) is 64.8 Å². The predicted molar refractivity (Wildman–Crippen MR) is 98.3 cm³/mol. The number of hydrogen-bond donors (Lipinski definition) is 2. The first kappa shape index (κ1) is 18.9. The van der Waals surface area contributed by atoms with Crippen molar-refractivity contribution < 1.29 is 14.6 Å². The molecule has 1 aliphatic carbocycles. The molecule has 0 saturated carbocycles. The van der Waals surface area contributed by atoms with E-state index >= 15 is 0 Å². The smallest absolute Gasteiger partial charge is 0.234 e. The zero-order valence-corrected chi connectivity index (χ0v) is 15.6. The number of ether oxygens (including phenoxy) is 1. The van der Waals surface area contributed by atoms with Gasteiger partial charge in [0.05, 0.1) is 18.8 Å². The van der Waals surface area contributed by atoms with Gasteiger partial charge in [0.15, 0.2) is 0 Å². The molecule has 0 aromatic carbocycles. The van der Waals surface area contributed by atoms with Crippen LogP contribution in [0.1, 0.15) is 58.3 Å². The highest BCUT2D eigenvalue weighted by Gasteiger charge is 2.44. The highest BCUT2D eigenvalue weighted by atomic mass is 16.5. The molecule has 5 nitrogen and oxygen atoms in total. The van der Waals surface area contributed by atoms with Gasteiger partial charge < -0.3 is 15.2 Å². The molecule has 0 aromatic rings. The van der Waals surface area contributed by atoms with Crippen LogP contribution in [0.25, 0.3) is 0 Å². The summed E-state index contributed by atoms with van der Waals surface area (Å²) in [5.41, 5.74) is 0.816. The summed E-state index contributed by atoms with van der Waals surface area (Å²) in [5, 5.41) is 13.8. The number of likely N-dealkylation sites (tertiary alicyclic amines) is 1. The van der Waals surface area contributed by atoms with Crippen molar-refractivity contribution in [3.63, 3.8) is 0 Å². The van der Waals surface area contributed by atoms with E-state index in [2.05, 4.69) is 16.3 Å². The van der Waals surface area contributed by atoms with Gasteiger partial charge in [-0.25, -0.2) is 0 Å². The quantitative estimate of drug-likeness (QED) is 0.721. The van der Waals surface area contributed by atoms with Crippen LogP contribution in [-0.4, -0.2) is 60.4 Å². The van der Waals surface area contributed by atoms with Gasteiger partial charge in [0.1, 0.15) is 0 Å². The summed E-state index contributed by atoms with van der Waals surface area (Å²) in [6.45, 7) is 5.28. The number of amides is 1. The van der Waals surface area contributed by atoms with Crippen LogP contribution >= 0.6 is 0 Å². The van der Waals surface area contributed by atoms with Crippen LogP contribution < -0.4 is 5.32 Å². The van der Waals surface area contributed by atoms with Crippen LogP contribution in [0, 0.1) is 5.92 Å². The Labute approximate surface area is 151 Å². The van der Waals surface area contributed by atoms with Crippen molar-refractivity contribution in [2.75, 3.05) is 32.8 Å². The molecule has 3 rings (SSSR count). The Kier molecular flexibility index (Phi) is 6.53. The van der Waals surface area contributed by atoms with Gasteiger partial charge in [-0.2, -0.15) is 0 Å². The molecule has 2 aliphatic heterocycles. The first-order valence-electron chi connectivity index (χ1n) is 10.0. The summed E-state index contributed by atoms with van der Waals surface area (Å²) in [5.74, 6) is 0.212. The van der Waals surface area contributed by atoms with Crippen molar-refractivity contribution in [2.45, 2.75) is 69.9 Å². The Morgan fingerprint density at radius 1 is 1.44 bits per heavy atom. The molecular formula is C20H34N2O3. The van der Waals surface area contributed by atoms with Crippen molar-refractivity contribution in [3.8, 4) is 0 Å². The van der Waals surface area contributed by atoms with E-state index in [-0.39, 0.29) is 17.9 Å². The van der Waals surface area contributed by atoms with Gasteiger partial charge in [-0.1, -0.05) is 11.6 Å². The molecule has 0 aromatic heterocycles. The van der Waals surface area contributed by atoms with E-state index < -0.39 is 5.60 Å². The van der Waals surface area contributed by atoms with Crippen LogP contribution in [0.3, 0.4) is 0 Å². The summed E-state index contributed by atoms with van der Waals surface area (Å²) in [6, 6.07) is 0.252. The van der Waals surface area contributed by atoms with Crippen LogP contribution in [0.15, 0.2) is 11.6 Å². The lowest BCUT2D eigenvalue weighted by molar-refractivity contribution is -0.131. The average Bonchev–Trinajstić information content (AvgIpc) is 3.03. The lowest BCUT2D eigenvalue weighted by atomic mass is 9.79. The number of rotatable bonds is 6. The molecule has 142 valence electrons. The molecule has 2 saturated heterocycles. The summed E-state index contributed by atoms with van der Waals surface area (Å²) in [6.07, 6.45) is 11.1. The van der Waals surface area contributed by atoms with E-state index in [1.54, 1.807) is 0 Å². The SMILES string of the molecule is CC1(O)CCOCC1C1CCCN1CC(=O)NCCC1=CCCCC1. The third-order valence-electron chi connectivity index (χ3n) is 6.23. The number of aliphatic hydroxyl groups is 1. The number of carbonyl (C=O) groups is 1. The normalized spacial score (nSPS) is 33.9. The molecule has 25 heavy (non-hydrogen) atoms. The van der Waals surface area contributed by atoms with Crippen LogP contribution in [0.5, 0.6) is 0 Å². The summed E-state index contributed by atoms with van der Waals surface area (Å²) in [7, 11) is 0. The molecule has 1 amide bonds. The Hall–Kier alpha value is -0.910. The van der Waals surface area contributed by atoms with Crippen molar-refractivity contribution in [1.29, 1.82) is 0 Å². The monoisotopic (exact) mass is 350 g/mol. The minimum absolute atomic E-state index is 0.101. The largest absolute Gasteiger partial charge is 0.390 e. The first-order valence-corrected chi connectivity index (χ1v) is 10.0. The fraction of sp³-hybridized carbons (Fsp3) is 0.850. The summed E-state index contributed by atoms with van der Waals surface area (Å²) < 4.78 is 5.62. The zero-order chi connectivity index (χ0) is 17.7. The zero-order valence-electron chi connectivity index (χ0n) is 15.6. The first-order chi connectivity index (χ1) is 12.1. The lowest BCUT2D eigenvalue weighted by Crippen LogP contribution is -2.53. The maximum absolute atomic E-state index is 12.4. The van der Waals surface area contributed by atoms with Crippen molar-refractivity contribution in [2.24, 2.45) is 5.92 Å². The molecule has 3 unspecified atom stereocenters. The molecular weight excluding hydrogens is 316 g/mol. The third kappa shape index (κ3) is 5.05. The van der Waals surface area contributed by atoms with Gasteiger partial charge in [0.2, 0.25) is 5.91 Å². The molecule has 0 spiro atoms. The maximum Gasteiger partial charge on any atom is 0.234 e. The van der Waals surface area contributed by atoms with Gasteiger partial charge >= 0.3 is 0 Å². The van der Waals surface area contributed by atoms with Crippen LogP contribution in [-0.2, 0) is 9.53 Å². The Bertz CT molecular complexity index is 489. The van der Waals surface area contributed by atoms with Gasteiger partial charge in [0.25, 0.3) is 0 Å².